The maximum Gasteiger partial charge on any atom is 0.354 e. The van der Waals surface area contributed by atoms with Crippen molar-refractivity contribution in [1.29, 1.82) is 0 Å². The Labute approximate surface area is 161 Å². The molecule has 1 saturated heterocycles. The van der Waals surface area contributed by atoms with Crippen molar-refractivity contribution in [3.63, 3.8) is 0 Å². The molecular weight excluding hydrogens is 336 g/mol. The number of carbonyl (C=O) groups is 1. The fraction of sp³-hybridized carbons (Fsp3) is 0.435. The number of fused-ring (bicyclic) bond motifs is 1. The van der Waals surface area contributed by atoms with Crippen molar-refractivity contribution < 1.29 is 9.53 Å². The van der Waals surface area contributed by atoms with E-state index in [1.807, 2.05) is 0 Å². The van der Waals surface area contributed by atoms with Crippen LogP contribution in [0.15, 0.2) is 65.9 Å². The number of allylic oxidation sites excluding steroid dienone is 2. The quantitative estimate of drug-likeness (QED) is 0.766. The Morgan fingerprint density at radius 1 is 1.15 bits per heavy atom. The maximum atomic E-state index is 12.4. The van der Waals surface area contributed by atoms with Crippen LogP contribution < -0.4 is 0 Å². The third kappa shape index (κ3) is 3.72. The van der Waals surface area contributed by atoms with Crippen molar-refractivity contribution in [2.24, 2.45) is 5.92 Å². The molecule has 1 fully saturated rings. The summed E-state index contributed by atoms with van der Waals surface area (Å²) in [4.78, 5) is 17.3. The van der Waals surface area contributed by atoms with Crippen molar-refractivity contribution in [3.8, 4) is 0 Å². The highest BCUT2D eigenvalue weighted by molar-refractivity contribution is 5.88. The molecule has 0 bridgehead atoms. The van der Waals surface area contributed by atoms with Crippen LogP contribution in [0.2, 0.25) is 0 Å². The molecule has 4 rings (SSSR count). The lowest BCUT2D eigenvalue weighted by Gasteiger charge is -2.42. The zero-order chi connectivity index (χ0) is 18.8. The van der Waals surface area contributed by atoms with Gasteiger partial charge in [0.25, 0.3) is 0 Å². The molecule has 27 heavy (non-hydrogen) atoms. The summed E-state index contributed by atoms with van der Waals surface area (Å²) in [5.74, 6) is 0.0574. The SMILES string of the molecule is COC(=O)C1=CC2C=C(C)C=CC2N1C1CCN(Cc2ccccc2)CC1. The van der Waals surface area contributed by atoms with Gasteiger partial charge < -0.3 is 9.64 Å². The Morgan fingerprint density at radius 2 is 1.89 bits per heavy atom. The van der Waals surface area contributed by atoms with E-state index in [-0.39, 0.29) is 17.9 Å². The molecule has 0 radical (unpaired) electrons. The molecule has 1 aromatic rings. The zero-order valence-electron chi connectivity index (χ0n) is 16.2. The second kappa shape index (κ2) is 7.73. The van der Waals surface area contributed by atoms with Gasteiger partial charge in [0, 0.05) is 31.6 Å². The lowest BCUT2D eigenvalue weighted by atomic mass is 9.92. The minimum absolute atomic E-state index is 0.212. The Morgan fingerprint density at radius 3 is 2.59 bits per heavy atom. The number of methoxy groups -OCH3 is 1. The second-order valence-electron chi connectivity index (χ2n) is 7.78. The molecule has 0 N–H and O–H groups in total. The summed E-state index contributed by atoms with van der Waals surface area (Å²) in [6, 6.07) is 11.3. The Balaban J connectivity index is 1.45. The standard InChI is InChI=1S/C23H28N2O2/c1-17-8-9-21-19(14-17)15-22(23(26)27-2)25(21)20-10-12-24(13-11-20)16-18-6-4-3-5-7-18/h3-9,14-15,19-21H,10-13,16H2,1-2H3. The molecule has 0 amide bonds. The molecule has 142 valence electrons. The van der Waals surface area contributed by atoms with Crippen LogP contribution in [0.25, 0.3) is 0 Å². The van der Waals surface area contributed by atoms with Gasteiger partial charge in [-0.3, -0.25) is 4.90 Å². The van der Waals surface area contributed by atoms with Crippen molar-refractivity contribution in [2.75, 3.05) is 20.2 Å². The number of hydrogen-bond donors (Lipinski definition) is 0. The predicted molar refractivity (Wildman–Crippen MR) is 107 cm³/mol. The summed E-state index contributed by atoms with van der Waals surface area (Å²) in [5.41, 5.74) is 3.36. The normalized spacial score (nSPS) is 25.8. The molecule has 0 saturated carbocycles. The number of likely N-dealkylation sites (tertiary alicyclic amines) is 1. The lowest BCUT2D eigenvalue weighted by Crippen LogP contribution is -2.48. The highest BCUT2D eigenvalue weighted by Gasteiger charge is 2.41. The van der Waals surface area contributed by atoms with Crippen molar-refractivity contribution in [3.05, 3.63) is 71.5 Å². The monoisotopic (exact) mass is 364 g/mol. The van der Waals surface area contributed by atoms with E-state index in [2.05, 4.69) is 71.4 Å². The van der Waals surface area contributed by atoms with Gasteiger partial charge in [0.05, 0.1) is 13.2 Å². The third-order valence-electron chi connectivity index (χ3n) is 5.95. The molecule has 1 aliphatic carbocycles. The molecular formula is C23H28N2O2. The summed E-state index contributed by atoms with van der Waals surface area (Å²) in [6.07, 6.45) is 10.9. The van der Waals surface area contributed by atoms with E-state index in [1.54, 1.807) is 0 Å². The number of hydrogen-bond acceptors (Lipinski definition) is 4. The molecule has 2 atom stereocenters. The van der Waals surface area contributed by atoms with Crippen LogP contribution in [-0.4, -0.2) is 48.1 Å². The molecule has 4 heteroatoms. The second-order valence-corrected chi connectivity index (χ2v) is 7.78. The van der Waals surface area contributed by atoms with Crippen LogP contribution in [0.1, 0.15) is 25.3 Å². The zero-order valence-corrected chi connectivity index (χ0v) is 16.2. The molecule has 2 unspecified atom stereocenters. The first-order chi connectivity index (χ1) is 13.2. The fourth-order valence-electron chi connectivity index (χ4n) is 4.61. The molecule has 0 spiro atoms. The number of piperidine rings is 1. The molecule has 2 heterocycles. The van der Waals surface area contributed by atoms with E-state index in [9.17, 15) is 4.79 Å². The van der Waals surface area contributed by atoms with Crippen LogP contribution in [0.5, 0.6) is 0 Å². The van der Waals surface area contributed by atoms with Gasteiger partial charge in [-0.05, 0) is 31.4 Å². The summed E-state index contributed by atoms with van der Waals surface area (Å²) in [5, 5.41) is 0. The van der Waals surface area contributed by atoms with Gasteiger partial charge in [-0.1, -0.05) is 54.1 Å². The summed E-state index contributed by atoms with van der Waals surface area (Å²) in [6.45, 7) is 5.23. The number of carbonyl (C=O) groups excluding carboxylic acids is 1. The van der Waals surface area contributed by atoms with E-state index in [0.29, 0.717) is 6.04 Å². The van der Waals surface area contributed by atoms with E-state index >= 15 is 0 Å². The maximum absolute atomic E-state index is 12.4. The number of esters is 1. The average molecular weight is 364 g/mol. The minimum atomic E-state index is -0.212. The minimum Gasteiger partial charge on any atom is -0.464 e. The van der Waals surface area contributed by atoms with Crippen LogP contribution in [0, 0.1) is 5.92 Å². The first kappa shape index (κ1) is 18.1. The highest BCUT2D eigenvalue weighted by atomic mass is 16.5. The topological polar surface area (TPSA) is 32.8 Å². The van der Waals surface area contributed by atoms with Gasteiger partial charge >= 0.3 is 5.97 Å². The number of rotatable bonds is 4. The predicted octanol–water partition coefficient (Wildman–Crippen LogP) is 3.52. The number of benzene rings is 1. The lowest BCUT2D eigenvalue weighted by molar-refractivity contribution is -0.138. The Hall–Kier alpha value is -2.33. The van der Waals surface area contributed by atoms with Crippen LogP contribution >= 0.6 is 0 Å². The van der Waals surface area contributed by atoms with E-state index in [0.717, 1.165) is 38.2 Å². The van der Waals surface area contributed by atoms with Crippen molar-refractivity contribution >= 4 is 5.97 Å². The molecule has 2 aliphatic heterocycles. The van der Waals surface area contributed by atoms with E-state index in [4.69, 9.17) is 4.74 Å². The molecule has 4 nitrogen and oxygen atoms in total. The Kier molecular flexibility index (Phi) is 5.17. The van der Waals surface area contributed by atoms with Gasteiger partial charge in [0.15, 0.2) is 0 Å². The van der Waals surface area contributed by atoms with Crippen LogP contribution in [0.3, 0.4) is 0 Å². The first-order valence-electron chi connectivity index (χ1n) is 9.87. The summed E-state index contributed by atoms with van der Waals surface area (Å²) in [7, 11) is 1.47. The van der Waals surface area contributed by atoms with Crippen LogP contribution in [-0.2, 0) is 16.1 Å². The van der Waals surface area contributed by atoms with Gasteiger partial charge in [-0.25, -0.2) is 4.79 Å². The van der Waals surface area contributed by atoms with Gasteiger partial charge in [0.1, 0.15) is 5.70 Å². The van der Waals surface area contributed by atoms with Gasteiger partial charge in [0.2, 0.25) is 0 Å². The average Bonchev–Trinajstić information content (AvgIpc) is 3.07. The highest BCUT2D eigenvalue weighted by Crippen LogP contribution is 2.37. The summed E-state index contributed by atoms with van der Waals surface area (Å²) < 4.78 is 5.08. The van der Waals surface area contributed by atoms with E-state index in [1.165, 1.54) is 18.2 Å². The third-order valence-corrected chi connectivity index (χ3v) is 5.95. The van der Waals surface area contributed by atoms with Crippen molar-refractivity contribution in [2.45, 2.75) is 38.4 Å². The van der Waals surface area contributed by atoms with Gasteiger partial charge in [-0.2, -0.15) is 0 Å². The molecule has 0 aromatic heterocycles. The number of ether oxygens (including phenoxy) is 1. The molecule has 3 aliphatic rings. The largest absolute Gasteiger partial charge is 0.464 e. The fourth-order valence-corrected chi connectivity index (χ4v) is 4.61. The van der Waals surface area contributed by atoms with Crippen molar-refractivity contribution in [1.82, 2.24) is 9.80 Å². The number of nitrogens with zero attached hydrogens (tertiary/aromatic N) is 2. The smallest absolute Gasteiger partial charge is 0.354 e. The van der Waals surface area contributed by atoms with Crippen LogP contribution in [0.4, 0.5) is 0 Å². The van der Waals surface area contributed by atoms with Gasteiger partial charge in [-0.15, -0.1) is 0 Å². The summed E-state index contributed by atoms with van der Waals surface area (Å²) >= 11 is 0. The first-order valence-corrected chi connectivity index (χ1v) is 9.87. The Bertz CT molecular complexity index is 773. The molecule has 1 aromatic carbocycles. The van der Waals surface area contributed by atoms with E-state index < -0.39 is 0 Å².